The molecule has 3 aromatic carbocycles. The highest BCUT2D eigenvalue weighted by atomic mass is 16.1. The number of hydrogen-bond acceptors (Lipinski definition) is 1. The van der Waals surface area contributed by atoms with Crippen molar-refractivity contribution in [2.45, 2.75) is 13.0 Å². The van der Waals surface area contributed by atoms with E-state index in [0.717, 1.165) is 16.7 Å². The fraction of sp³-hybridized carbons (Fsp3) is 0.0870. The van der Waals surface area contributed by atoms with E-state index in [9.17, 15) is 4.79 Å². The predicted octanol–water partition coefficient (Wildman–Crippen LogP) is 4.91. The Morgan fingerprint density at radius 2 is 1.32 bits per heavy atom. The van der Waals surface area contributed by atoms with Crippen molar-refractivity contribution in [3.63, 3.8) is 0 Å². The summed E-state index contributed by atoms with van der Waals surface area (Å²) >= 11 is 0. The van der Waals surface area contributed by atoms with Crippen LogP contribution in [0.2, 0.25) is 0 Å². The van der Waals surface area contributed by atoms with Crippen molar-refractivity contribution in [1.82, 2.24) is 5.32 Å². The highest BCUT2D eigenvalue weighted by Gasteiger charge is 2.15. The van der Waals surface area contributed by atoms with E-state index in [-0.39, 0.29) is 11.9 Å². The molecular weight excluding hydrogens is 306 g/mol. The van der Waals surface area contributed by atoms with Crippen LogP contribution in [0.25, 0.3) is 6.08 Å². The van der Waals surface area contributed by atoms with E-state index in [4.69, 9.17) is 0 Å². The van der Waals surface area contributed by atoms with E-state index >= 15 is 0 Å². The van der Waals surface area contributed by atoms with Crippen molar-refractivity contribution in [2.24, 2.45) is 0 Å². The average Bonchev–Trinajstić information content (AvgIpc) is 2.67. The standard InChI is InChI=1S/C23H21NO/c1-18-12-14-19(15-13-18)16-17-22(25)24-23(20-8-4-2-5-9-20)21-10-6-3-7-11-21/h2-17,23H,1H3,(H,24,25)/b17-16+. The Morgan fingerprint density at radius 3 is 1.84 bits per heavy atom. The van der Waals surface area contributed by atoms with Gasteiger partial charge in [-0.2, -0.15) is 0 Å². The summed E-state index contributed by atoms with van der Waals surface area (Å²) in [6.45, 7) is 2.05. The Labute approximate surface area is 148 Å². The molecule has 3 rings (SSSR count). The van der Waals surface area contributed by atoms with Gasteiger partial charge in [0.05, 0.1) is 6.04 Å². The lowest BCUT2D eigenvalue weighted by molar-refractivity contribution is -0.116. The van der Waals surface area contributed by atoms with Crippen LogP contribution in [0.4, 0.5) is 0 Å². The third-order valence-corrected chi connectivity index (χ3v) is 4.06. The molecule has 0 atom stereocenters. The van der Waals surface area contributed by atoms with Crippen LogP contribution in [0.1, 0.15) is 28.3 Å². The molecule has 0 aromatic heterocycles. The van der Waals surface area contributed by atoms with Crippen LogP contribution < -0.4 is 5.32 Å². The second kappa shape index (κ2) is 8.11. The molecule has 0 unspecified atom stereocenters. The summed E-state index contributed by atoms with van der Waals surface area (Å²) in [5, 5.41) is 3.11. The van der Waals surface area contributed by atoms with E-state index in [0.29, 0.717) is 0 Å². The van der Waals surface area contributed by atoms with Crippen molar-refractivity contribution in [3.8, 4) is 0 Å². The molecule has 0 aliphatic rings. The summed E-state index contributed by atoms with van der Waals surface area (Å²) in [4.78, 5) is 12.4. The van der Waals surface area contributed by atoms with Crippen LogP contribution in [0.5, 0.6) is 0 Å². The van der Waals surface area contributed by atoms with Gasteiger partial charge >= 0.3 is 0 Å². The second-order valence-electron chi connectivity index (χ2n) is 6.01. The maximum absolute atomic E-state index is 12.4. The first-order valence-electron chi connectivity index (χ1n) is 8.37. The summed E-state index contributed by atoms with van der Waals surface area (Å²) in [6.07, 6.45) is 3.42. The zero-order chi connectivity index (χ0) is 17.5. The monoisotopic (exact) mass is 327 g/mol. The van der Waals surface area contributed by atoms with Gasteiger partial charge in [0.15, 0.2) is 0 Å². The lowest BCUT2D eigenvalue weighted by Gasteiger charge is -2.19. The molecule has 0 bridgehead atoms. The third-order valence-electron chi connectivity index (χ3n) is 4.06. The molecule has 2 heteroatoms. The van der Waals surface area contributed by atoms with E-state index in [1.165, 1.54) is 5.56 Å². The summed E-state index contributed by atoms with van der Waals surface area (Å²) in [6, 6.07) is 27.9. The van der Waals surface area contributed by atoms with Crippen LogP contribution in [0.15, 0.2) is 91.0 Å². The van der Waals surface area contributed by atoms with Crippen molar-refractivity contribution in [2.75, 3.05) is 0 Å². The van der Waals surface area contributed by atoms with Gasteiger partial charge in [-0.25, -0.2) is 0 Å². The van der Waals surface area contributed by atoms with E-state index in [1.54, 1.807) is 6.08 Å². The van der Waals surface area contributed by atoms with Crippen LogP contribution in [0.3, 0.4) is 0 Å². The molecule has 1 amide bonds. The van der Waals surface area contributed by atoms with Gasteiger partial charge in [0.2, 0.25) is 5.91 Å². The quantitative estimate of drug-likeness (QED) is 0.663. The molecule has 1 N–H and O–H groups in total. The first-order valence-corrected chi connectivity index (χ1v) is 8.37. The fourth-order valence-corrected chi connectivity index (χ4v) is 2.69. The van der Waals surface area contributed by atoms with Gasteiger partial charge in [-0.15, -0.1) is 0 Å². The van der Waals surface area contributed by atoms with E-state index in [2.05, 4.69) is 5.32 Å². The lowest BCUT2D eigenvalue weighted by Crippen LogP contribution is -2.27. The van der Waals surface area contributed by atoms with E-state index in [1.807, 2.05) is 97.9 Å². The molecule has 0 fully saturated rings. The fourth-order valence-electron chi connectivity index (χ4n) is 2.69. The van der Waals surface area contributed by atoms with Crippen LogP contribution in [0, 0.1) is 6.92 Å². The minimum Gasteiger partial charge on any atom is -0.342 e. The Bertz CT molecular complexity index is 797. The molecule has 25 heavy (non-hydrogen) atoms. The Kier molecular flexibility index (Phi) is 5.43. The number of nitrogens with one attached hydrogen (secondary N) is 1. The van der Waals surface area contributed by atoms with Crippen molar-refractivity contribution in [1.29, 1.82) is 0 Å². The zero-order valence-corrected chi connectivity index (χ0v) is 14.2. The molecule has 0 spiro atoms. The number of carbonyl (C=O) groups excluding carboxylic acids is 1. The first-order chi connectivity index (χ1) is 12.2. The van der Waals surface area contributed by atoms with Crippen LogP contribution in [-0.4, -0.2) is 5.91 Å². The van der Waals surface area contributed by atoms with Gasteiger partial charge in [-0.3, -0.25) is 4.79 Å². The minimum atomic E-state index is -0.169. The number of amides is 1. The number of carbonyl (C=O) groups is 1. The minimum absolute atomic E-state index is 0.113. The van der Waals surface area contributed by atoms with Crippen molar-refractivity contribution in [3.05, 3.63) is 113 Å². The smallest absolute Gasteiger partial charge is 0.244 e. The molecule has 0 saturated heterocycles. The number of hydrogen-bond donors (Lipinski definition) is 1. The lowest BCUT2D eigenvalue weighted by atomic mass is 9.98. The molecule has 3 aromatic rings. The van der Waals surface area contributed by atoms with Crippen molar-refractivity contribution >= 4 is 12.0 Å². The molecule has 0 radical (unpaired) electrons. The summed E-state index contributed by atoms with van der Waals surface area (Å²) in [5.41, 5.74) is 4.34. The van der Waals surface area contributed by atoms with Gasteiger partial charge in [0.25, 0.3) is 0 Å². The summed E-state index contributed by atoms with van der Waals surface area (Å²) in [7, 11) is 0. The van der Waals surface area contributed by atoms with Crippen LogP contribution in [-0.2, 0) is 4.79 Å². The van der Waals surface area contributed by atoms with Gasteiger partial charge in [0, 0.05) is 6.08 Å². The van der Waals surface area contributed by atoms with Gasteiger partial charge in [-0.05, 0) is 29.7 Å². The Balaban J connectivity index is 1.78. The Hall–Kier alpha value is -3.13. The summed E-state index contributed by atoms with van der Waals surface area (Å²) in [5.74, 6) is -0.113. The molecule has 0 aliphatic heterocycles. The van der Waals surface area contributed by atoms with E-state index < -0.39 is 0 Å². The average molecular weight is 327 g/mol. The maximum Gasteiger partial charge on any atom is 0.244 e. The van der Waals surface area contributed by atoms with Gasteiger partial charge in [0.1, 0.15) is 0 Å². The summed E-state index contributed by atoms with van der Waals surface area (Å²) < 4.78 is 0. The number of rotatable bonds is 5. The van der Waals surface area contributed by atoms with Crippen LogP contribution >= 0.6 is 0 Å². The maximum atomic E-state index is 12.4. The molecule has 124 valence electrons. The topological polar surface area (TPSA) is 29.1 Å². The largest absolute Gasteiger partial charge is 0.342 e. The molecule has 0 heterocycles. The molecule has 0 saturated carbocycles. The van der Waals surface area contributed by atoms with Gasteiger partial charge in [-0.1, -0.05) is 90.5 Å². The molecule has 2 nitrogen and oxygen atoms in total. The highest BCUT2D eigenvalue weighted by Crippen LogP contribution is 2.21. The zero-order valence-electron chi connectivity index (χ0n) is 14.2. The second-order valence-corrected chi connectivity index (χ2v) is 6.01. The molecular formula is C23H21NO. The SMILES string of the molecule is Cc1ccc(/C=C/C(=O)NC(c2ccccc2)c2ccccc2)cc1. The van der Waals surface area contributed by atoms with Gasteiger partial charge < -0.3 is 5.32 Å². The predicted molar refractivity (Wildman–Crippen MR) is 103 cm³/mol. The normalized spacial score (nSPS) is 11.0. The highest BCUT2D eigenvalue weighted by molar-refractivity contribution is 5.92. The third kappa shape index (κ3) is 4.67. The number of benzene rings is 3. The number of aryl methyl sites for hydroxylation is 1. The molecule has 0 aliphatic carbocycles. The van der Waals surface area contributed by atoms with Crippen molar-refractivity contribution < 1.29 is 4.79 Å². The Morgan fingerprint density at radius 1 is 0.800 bits per heavy atom. The first kappa shape index (κ1) is 16.7.